The van der Waals surface area contributed by atoms with Gasteiger partial charge in [-0.15, -0.1) is 0 Å². The molecule has 0 saturated carbocycles. The first-order chi connectivity index (χ1) is 11.1. The second-order valence-corrected chi connectivity index (χ2v) is 5.87. The molecule has 2 heterocycles. The normalized spacial score (nSPS) is 15.6. The minimum atomic E-state index is -0.390. The van der Waals surface area contributed by atoms with Crippen LogP contribution in [0.5, 0.6) is 5.75 Å². The van der Waals surface area contributed by atoms with Crippen molar-refractivity contribution >= 4 is 11.9 Å². The second kappa shape index (κ2) is 6.37. The van der Waals surface area contributed by atoms with Gasteiger partial charge in [-0.25, -0.2) is 4.68 Å². The third kappa shape index (κ3) is 3.19. The van der Waals surface area contributed by atoms with Crippen molar-refractivity contribution in [2.24, 2.45) is 7.05 Å². The molecule has 1 aliphatic rings. The number of aryl methyl sites for hydroxylation is 2. The van der Waals surface area contributed by atoms with E-state index in [0.29, 0.717) is 17.4 Å². The summed E-state index contributed by atoms with van der Waals surface area (Å²) >= 11 is 0. The Balaban J connectivity index is 1.78. The van der Waals surface area contributed by atoms with Crippen LogP contribution in [0.1, 0.15) is 40.5 Å². The molecule has 0 atom stereocenters. The topological polar surface area (TPSA) is 92.1 Å². The van der Waals surface area contributed by atoms with E-state index in [9.17, 15) is 9.90 Å². The van der Waals surface area contributed by atoms with Gasteiger partial charge in [0.2, 0.25) is 5.95 Å². The molecule has 23 heavy (non-hydrogen) atoms. The fourth-order valence-electron chi connectivity index (χ4n) is 2.78. The largest absolute Gasteiger partial charge is 0.507 e. The Bertz CT molecular complexity index is 719. The zero-order valence-electron chi connectivity index (χ0n) is 13.3. The van der Waals surface area contributed by atoms with Crippen LogP contribution in [0.25, 0.3) is 0 Å². The Morgan fingerprint density at radius 1 is 1.39 bits per heavy atom. The molecule has 0 unspecified atom stereocenters. The maximum absolute atomic E-state index is 12.4. The smallest absolute Gasteiger partial charge is 0.261 e. The number of nitrogens with zero attached hydrogens (tertiary/aromatic N) is 3. The number of piperidine rings is 1. The lowest BCUT2D eigenvalue weighted by atomic mass is 9.98. The summed E-state index contributed by atoms with van der Waals surface area (Å²) < 4.78 is 1.57. The number of rotatable bonds is 3. The van der Waals surface area contributed by atoms with Crippen LogP contribution in [0, 0.1) is 6.92 Å². The number of hydrogen-bond donors (Lipinski definition) is 3. The Morgan fingerprint density at radius 3 is 2.87 bits per heavy atom. The zero-order chi connectivity index (χ0) is 16.4. The summed E-state index contributed by atoms with van der Waals surface area (Å²) in [7, 11) is 1.75. The molecule has 1 amide bonds. The molecule has 2 aromatic rings. The first-order valence-electron chi connectivity index (χ1n) is 7.78. The summed E-state index contributed by atoms with van der Waals surface area (Å²) in [5.74, 6) is 1.08. The van der Waals surface area contributed by atoms with Gasteiger partial charge in [0, 0.05) is 13.0 Å². The predicted octanol–water partition coefficient (Wildman–Crippen LogP) is 1.55. The van der Waals surface area contributed by atoms with Gasteiger partial charge >= 0.3 is 0 Å². The maximum atomic E-state index is 12.4. The number of carbonyl (C=O) groups is 1. The minimum Gasteiger partial charge on any atom is -0.507 e. The van der Waals surface area contributed by atoms with Gasteiger partial charge in [-0.3, -0.25) is 10.1 Å². The quantitative estimate of drug-likeness (QED) is 0.799. The molecule has 7 nitrogen and oxygen atoms in total. The number of nitrogens with one attached hydrogen (secondary N) is 2. The lowest BCUT2D eigenvalue weighted by Crippen LogP contribution is -2.27. The molecule has 1 aromatic carbocycles. The molecule has 7 heteroatoms. The summed E-state index contributed by atoms with van der Waals surface area (Å²) in [4.78, 5) is 16.8. The average Bonchev–Trinajstić information content (AvgIpc) is 2.92. The Kier molecular flexibility index (Phi) is 4.29. The van der Waals surface area contributed by atoms with E-state index in [1.165, 1.54) is 0 Å². The summed E-state index contributed by atoms with van der Waals surface area (Å²) in [6.07, 6.45) is 1.99. The van der Waals surface area contributed by atoms with Crippen LogP contribution in [0.2, 0.25) is 0 Å². The third-order valence-electron chi connectivity index (χ3n) is 4.19. The molecular weight excluding hydrogens is 294 g/mol. The predicted molar refractivity (Wildman–Crippen MR) is 86.6 cm³/mol. The van der Waals surface area contributed by atoms with Crippen LogP contribution in [-0.2, 0) is 7.05 Å². The molecule has 1 saturated heterocycles. The van der Waals surface area contributed by atoms with Gasteiger partial charge in [-0.1, -0.05) is 12.1 Å². The number of hydrogen-bond acceptors (Lipinski definition) is 5. The molecule has 3 rings (SSSR count). The van der Waals surface area contributed by atoms with Gasteiger partial charge in [0.15, 0.2) is 5.82 Å². The number of aromatic nitrogens is 3. The van der Waals surface area contributed by atoms with Crippen LogP contribution < -0.4 is 10.6 Å². The van der Waals surface area contributed by atoms with Crippen LogP contribution in [-0.4, -0.2) is 38.9 Å². The van der Waals surface area contributed by atoms with E-state index in [4.69, 9.17) is 0 Å². The number of carbonyl (C=O) groups excluding carboxylic acids is 1. The molecular formula is C16H21N5O2. The number of phenols is 1. The van der Waals surface area contributed by atoms with E-state index in [0.717, 1.165) is 31.8 Å². The van der Waals surface area contributed by atoms with Crippen molar-refractivity contribution in [1.82, 2.24) is 20.1 Å². The maximum Gasteiger partial charge on any atom is 0.261 e. The molecule has 122 valence electrons. The first-order valence-corrected chi connectivity index (χ1v) is 7.78. The standard InChI is InChI=1S/C16H21N5O2/c1-10-4-3-5-12(13(10)22)15(23)19-16-18-14(20-21(16)2)11-6-8-17-9-7-11/h3-5,11,17,22H,6-9H2,1-2H3,(H,18,19,20,23). The highest BCUT2D eigenvalue weighted by atomic mass is 16.3. The van der Waals surface area contributed by atoms with Crippen molar-refractivity contribution in [2.45, 2.75) is 25.7 Å². The van der Waals surface area contributed by atoms with Crippen LogP contribution in [0.15, 0.2) is 18.2 Å². The highest BCUT2D eigenvalue weighted by Gasteiger charge is 2.22. The summed E-state index contributed by atoms with van der Waals surface area (Å²) in [6, 6.07) is 5.08. The molecule has 0 spiro atoms. The SMILES string of the molecule is Cc1cccc(C(=O)Nc2nc(C3CCNCC3)nn2C)c1O. The van der Waals surface area contributed by atoms with Gasteiger partial charge in [0.05, 0.1) is 5.56 Å². The van der Waals surface area contributed by atoms with E-state index in [2.05, 4.69) is 20.7 Å². The second-order valence-electron chi connectivity index (χ2n) is 5.87. The van der Waals surface area contributed by atoms with Gasteiger partial charge in [0.1, 0.15) is 5.75 Å². The van der Waals surface area contributed by atoms with Crippen LogP contribution >= 0.6 is 0 Å². The highest BCUT2D eigenvalue weighted by molar-refractivity contribution is 6.05. The monoisotopic (exact) mass is 315 g/mol. The van der Waals surface area contributed by atoms with Crippen molar-refractivity contribution in [3.8, 4) is 5.75 Å². The number of benzene rings is 1. The fourth-order valence-corrected chi connectivity index (χ4v) is 2.78. The van der Waals surface area contributed by atoms with Crippen molar-refractivity contribution in [1.29, 1.82) is 0 Å². The fraction of sp³-hybridized carbons (Fsp3) is 0.438. The molecule has 0 aliphatic carbocycles. The number of aromatic hydroxyl groups is 1. The molecule has 1 fully saturated rings. The third-order valence-corrected chi connectivity index (χ3v) is 4.19. The van der Waals surface area contributed by atoms with E-state index >= 15 is 0 Å². The molecule has 3 N–H and O–H groups in total. The Labute approximate surface area is 134 Å². The van der Waals surface area contributed by atoms with Gasteiger partial charge in [-0.05, 0) is 44.5 Å². The van der Waals surface area contributed by atoms with Crippen molar-refractivity contribution in [2.75, 3.05) is 18.4 Å². The molecule has 0 radical (unpaired) electrons. The van der Waals surface area contributed by atoms with E-state index in [1.54, 1.807) is 36.9 Å². The van der Waals surface area contributed by atoms with E-state index in [1.807, 2.05) is 0 Å². The molecule has 1 aromatic heterocycles. The molecule has 1 aliphatic heterocycles. The number of amides is 1. The summed E-state index contributed by atoms with van der Waals surface area (Å²) in [5, 5.41) is 20.5. The summed E-state index contributed by atoms with van der Waals surface area (Å²) in [5.41, 5.74) is 0.891. The van der Waals surface area contributed by atoms with E-state index in [-0.39, 0.29) is 11.3 Å². The zero-order valence-corrected chi connectivity index (χ0v) is 13.3. The highest BCUT2D eigenvalue weighted by Crippen LogP contribution is 2.25. The van der Waals surface area contributed by atoms with Crippen molar-refractivity contribution < 1.29 is 9.90 Å². The lowest BCUT2D eigenvalue weighted by molar-refractivity contribution is 0.102. The number of para-hydroxylation sites is 1. The van der Waals surface area contributed by atoms with Gasteiger partial charge in [0.25, 0.3) is 5.91 Å². The number of anilines is 1. The Morgan fingerprint density at radius 2 is 2.13 bits per heavy atom. The summed E-state index contributed by atoms with van der Waals surface area (Å²) in [6.45, 7) is 3.67. The molecule has 0 bridgehead atoms. The minimum absolute atomic E-state index is 0.00857. The Hall–Kier alpha value is -2.41. The van der Waals surface area contributed by atoms with Crippen LogP contribution in [0.3, 0.4) is 0 Å². The van der Waals surface area contributed by atoms with E-state index < -0.39 is 5.91 Å². The van der Waals surface area contributed by atoms with Gasteiger partial charge in [-0.2, -0.15) is 10.1 Å². The van der Waals surface area contributed by atoms with Crippen molar-refractivity contribution in [3.05, 3.63) is 35.2 Å². The average molecular weight is 315 g/mol. The number of phenolic OH excluding ortho intramolecular Hbond substituents is 1. The first kappa shape index (κ1) is 15.5. The van der Waals surface area contributed by atoms with Crippen LogP contribution in [0.4, 0.5) is 5.95 Å². The van der Waals surface area contributed by atoms with Gasteiger partial charge < -0.3 is 10.4 Å². The lowest BCUT2D eigenvalue weighted by Gasteiger charge is -2.19. The van der Waals surface area contributed by atoms with Crippen molar-refractivity contribution in [3.63, 3.8) is 0 Å².